The highest BCUT2D eigenvalue weighted by Crippen LogP contribution is 2.26. The Morgan fingerprint density at radius 3 is 2.65 bits per heavy atom. The predicted octanol–water partition coefficient (Wildman–Crippen LogP) is 4.64. The van der Waals surface area contributed by atoms with Gasteiger partial charge in [0.15, 0.2) is 0 Å². The lowest BCUT2D eigenvalue weighted by atomic mass is 9.98. The molecule has 7 heteroatoms. The molecule has 1 N–H and O–H groups in total. The molecule has 1 heterocycles. The van der Waals surface area contributed by atoms with Crippen molar-refractivity contribution in [1.82, 2.24) is 5.32 Å². The van der Waals surface area contributed by atoms with E-state index in [0.29, 0.717) is 13.0 Å². The first kappa shape index (κ1) is 25.3. The van der Waals surface area contributed by atoms with Crippen molar-refractivity contribution in [2.24, 2.45) is 10.9 Å². The van der Waals surface area contributed by atoms with E-state index >= 15 is 0 Å². The number of allylic oxidation sites excluding steroid dienone is 3. The van der Waals surface area contributed by atoms with Gasteiger partial charge in [0.1, 0.15) is 5.92 Å². The lowest BCUT2D eigenvalue weighted by Gasteiger charge is -2.20. The van der Waals surface area contributed by atoms with Crippen molar-refractivity contribution in [3.8, 4) is 0 Å². The van der Waals surface area contributed by atoms with Crippen LogP contribution < -0.4 is 5.32 Å². The minimum absolute atomic E-state index is 0.129. The van der Waals surface area contributed by atoms with Gasteiger partial charge >= 0.3 is 5.97 Å². The van der Waals surface area contributed by atoms with Crippen LogP contribution in [-0.4, -0.2) is 48.1 Å². The maximum atomic E-state index is 12.9. The molecule has 0 fully saturated rings. The Morgan fingerprint density at radius 2 is 2.03 bits per heavy atom. The molecule has 2 rings (SSSR count). The Hall–Kier alpha value is -1.99. The molecule has 5 nitrogen and oxygen atoms in total. The van der Waals surface area contributed by atoms with Gasteiger partial charge in [-0.1, -0.05) is 62.4 Å². The van der Waals surface area contributed by atoms with Crippen molar-refractivity contribution < 1.29 is 14.3 Å². The fourth-order valence-electron chi connectivity index (χ4n) is 3.08. The number of methoxy groups -OCH3 is 1. The summed E-state index contributed by atoms with van der Waals surface area (Å²) in [5, 5.41) is 4.10. The van der Waals surface area contributed by atoms with E-state index in [2.05, 4.69) is 30.5 Å². The SMILES string of the molecule is CCSC(CC1=CC=CCS1)=NCC(CC)NC(=O)C(Cc1ccccc1)C(=O)OC. The van der Waals surface area contributed by atoms with E-state index in [0.717, 1.165) is 35.0 Å². The van der Waals surface area contributed by atoms with Crippen molar-refractivity contribution in [3.63, 3.8) is 0 Å². The predicted molar refractivity (Wildman–Crippen MR) is 133 cm³/mol. The lowest BCUT2D eigenvalue weighted by molar-refractivity contribution is -0.150. The third-order valence-electron chi connectivity index (χ3n) is 4.83. The van der Waals surface area contributed by atoms with E-state index in [1.54, 1.807) is 11.8 Å². The van der Waals surface area contributed by atoms with Crippen molar-refractivity contribution in [3.05, 3.63) is 59.0 Å². The Kier molecular flexibility index (Phi) is 11.5. The number of esters is 1. The largest absolute Gasteiger partial charge is 0.468 e. The third-order valence-corrected chi connectivity index (χ3v) is 6.74. The quantitative estimate of drug-likeness (QED) is 0.225. The van der Waals surface area contributed by atoms with Gasteiger partial charge < -0.3 is 10.1 Å². The zero-order valence-electron chi connectivity index (χ0n) is 18.5. The number of rotatable bonds is 11. The average Bonchev–Trinajstić information content (AvgIpc) is 2.80. The minimum Gasteiger partial charge on any atom is -0.468 e. The van der Waals surface area contributed by atoms with E-state index < -0.39 is 11.9 Å². The minimum atomic E-state index is -0.870. The first-order valence-corrected chi connectivity index (χ1v) is 12.6. The van der Waals surface area contributed by atoms with Crippen LogP contribution in [0.1, 0.15) is 32.3 Å². The van der Waals surface area contributed by atoms with Gasteiger partial charge in [-0.25, -0.2) is 0 Å². The summed E-state index contributed by atoms with van der Waals surface area (Å²) >= 11 is 3.58. The molecule has 0 radical (unpaired) electrons. The normalized spacial score (nSPS) is 15.7. The fraction of sp³-hybridized carbons (Fsp3) is 0.458. The van der Waals surface area contributed by atoms with Gasteiger partial charge in [-0.3, -0.25) is 14.6 Å². The Bertz CT molecular complexity index is 806. The molecule has 0 aliphatic carbocycles. The van der Waals surface area contributed by atoms with Crippen LogP contribution in [0.4, 0.5) is 0 Å². The molecule has 1 amide bonds. The first-order chi connectivity index (χ1) is 15.1. The third kappa shape index (κ3) is 8.95. The summed E-state index contributed by atoms with van der Waals surface area (Å²) in [6, 6.07) is 9.39. The van der Waals surface area contributed by atoms with Gasteiger partial charge in [0.25, 0.3) is 0 Å². The standard InChI is InChI=1S/C24H32N2O3S2/c1-4-19(17-25-22(30-5-2)16-20-13-9-10-14-31-20)26-23(27)21(24(28)29-3)15-18-11-7-6-8-12-18/h6-13,19,21H,4-5,14-17H2,1-3H3,(H,26,27). The molecule has 1 aliphatic heterocycles. The molecular weight excluding hydrogens is 428 g/mol. The topological polar surface area (TPSA) is 67.8 Å². The molecule has 168 valence electrons. The summed E-state index contributed by atoms with van der Waals surface area (Å²) in [6.45, 7) is 4.63. The number of ether oxygens (including phenoxy) is 1. The van der Waals surface area contributed by atoms with Crippen LogP contribution in [0.5, 0.6) is 0 Å². The summed E-state index contributed by atoms with van der Waals surface area (Å²) in [6.07, 6.45) is 8.26. The molecule has 0 saturated heterocycles. The van der Waals surface area contributed by atoms with Gasteiger partial charge in [0.2, 0.25) is 5.91 Å². The molecule has 2 unspecified atom stereocenters. The molecular formula is C24H32N2O3S2. The highest BCUT2D eigenvalue weighted by molar-refractivity contribution is 8.14. The number of amides is 1. The number of thioether (sulfide) groups is 2. The van der Waals surface area contributed by atoms with Crippen molar-refractivity contribution >= 4 is 40.4 Å². The monoisotopic (exact) mass is 460 g/mol. The number of benzene rings is 1. The molecule has 1 aromatic carbocycles. The van der Waals surface area contributed by atoms with E-state index in [-0.39, 0.29) is 11.9 Å². The smallest absolute Gasteiger partial charge is 0.318 e. The average molecular weight is 461 g/mol. The Labute approximate surface area is 194 Å². The second-order valence-electron chi connectivity index (χ2n) is 7.10. The Morgan fingerprint density at radius 1 is 1.26 bits per heavy atom. The molecule has 1 aromatic rings. The highest BCUT2D eigenvalue weighted by atomic mass is 32.2. The molecule has 0 bridgehead atoms. The van der Waals surface area contributed by atoms with E-state index in [9.17, 15) is 9.59 Å². The summed E-state index contributed by atoms with van der Waals surface area (Å²) in [7, 11) is 1.32. The summed E-state index contributed by atoms with van der Waals surface area (Å²) in [5.41, 5.74) is 0.924. The van der Waals surface area contributed by atoms with Crippen molar-refractivity contribution in [1.29, 1.82) is 0 Å². The number of nitrogens with zero attached hydrogens (tertiary/aromatic N) is 1. The maximum Gasteiger partial charge on any atom is 0.318 e. The zero-order chi connectivity index (χ0) is 22.5. The van der Waals surface area contributed by atoms with E-state index in [1.165, 1.54) is 12.0 Å². The molecule has 0 spiro atoms. The van der Waals surface area contributed by atoms with Crippen molar-refractivity contribution in [2.75, 3.05) is 25.2 Å². The molecule has 1 aliphatic rings. The number of nitrogens with one attached hydrogen (secondary N) is 1. The molecule has 0 saturated carbocycles. The van der Waals surface area contributed by atoms with E-state index in [1.807, 2.05) is 49.0 Å². The van der Waals surface area contributed by atoms with Crippen LogP contribution in [0.15, 0.2) is 58.5 Å². The molecule has 0 aromatic heterocycles. The fourth-order valence-corrected chi connectivity index (χ4v) is 4.76. The second-order valence-corrected chi connectivity index (χ2v) is 9.58. The molecule has 2 atom stereocenters. The van der Waals surface area contributed by atoms with Gasteiger partial charge in [0.05, 0.1) is 18.7 Å². The van der Waals surface area contributed by atoms with Gasteiger partial charge in [-0.05, 0) is 29.1 Å². The van der Waals surface area contributed by atoms with Gasteiger partial charge in [-0.2, -0.15) is 0 Å². The lowest BCUT2D eigenvalue weighted by Crippen LogP contribution is -2.44. The van der Waals surface area contributed by atoms with Crippen LogP contribution in [0, 0.1) is 5.92 Å². The summed E-state index contributed by atoms with van der Waals surface area (Å²) in [5.74, 6) is 0.261. The van der Waals surface area contributed by atoms with Crippen LogP contribution in [-0.2, 0) is 20.7 Å². The highest BCUT2D eigenvalue weighted by Gasteiger charge is 2.29. The summed E-state index contributed by atoms with van der Waals surface area (Å²) < 4.78 is 4.89. The van der Waals surface area contributed by atoms with Gasteiger partial charge in [-0.15, -0.1) is 23.5 Å². The second kappa shape index (κ2) is 14.1. The first-order valence-electron chi connectivity index (χ1n) is 10.6. The Balaban J connectivity index is 2.02. The number of carbonyl (C=O) groups excluding carboxylic acids is 2. The molecule has 31 heavy (non-hydrogen) atoms. The van der Waals surface area contributed by atoms with Crippen molar-refractivity contribution in [2.45, 2.75) is 39.2 Å². The van der Waals surface area contributed by atoms with Gasteiger partial charge in [0, 0.05) is 18.2 Å². The van der Waals surface area contributed by atoms with Crippen LogP contribution >= 0.6 is 23.5 Å². The maximum absolute atomic E-state index is 12.9. The van der Waals surface area contributed by atoms with Crippen LogP contribution in [0.2, 0.25) is 0 Å². The zero-order valence-corrected chi connectivity index (χ0v) is 20.1. The number of carbonyl (C=O) groups is 2. The number of aliphatic imine (C=N–C) groups is 1. The van der Waals surface area contributed by atoms with Crippen LogP contribution in [0.25, 0.3) is 0 Å². The van der Waals surface area contributed by atoms with Crippen LogP contribution in [0.3, 0.4) is 0 Å². The number of hydrogen-bond acceptors (Lipinski definition) is 6. The number of hydrogen-bond donors (Lipinski definition) is 1. The summed E-state index contributed by atoms with van der Waals surface area (Å²) in [4.78, 5) is 31.3. The van der Waals surface area contributed by atoms with E-state index in [4.69, 9.17) is 9.73 Å².